The van der Waals surface area contributed by atoms with E-state index in [4.69, 9.17) is 5.73 Å². The number of aromatic nitrogens is 4. The van der Waals surface area contributed by atoms with Gasteiger partial charge in [-0.05, 0) is 37.2 Å². The van der Waals surface area contributed by atoms with E-state index in [1.165, 1.54) is 0 Å². The Hall–Kier alpha value is -2.06. The molecule has 0 radical (unpaired) electrons. The number of nitrogens with one attached hydrogen (secondary N) is 3. The minimum absolute atomic E-state index is 0. The highest BCUT2D eigenvalue weighted by Gasteiger charge is 2.16. The van der Waals surface area contributed by atoms with Crippen LogP contribution in [0.2, 0.25) is 0 Å². The Kier molecular flexibility index (Phi) is 11.4. The maximum atomic E-state index is 5.76. The van der Waals surface area contributed by atoms with Crippen molar-refractivity contribution in [2.45, 2.75) is 12.5 Å². The van der Waals surface area contributed by atoms with Gasteiger partial charge in [-0.1, -0.05) is 18.2 Å². The number of nitrogens with zero attached hydrogens (tertiary/aromatic N) is 3. The summed E-state index contributed by atoms with van der Waals surface area (Å²) in [6.07, 6.45) is 2.48. The summed E-state index contributed by atoms with van der Waals surface area (Å²) < 4.78 is 0. The predicted octanol–water partition coefficient (Wildman–Crippen LogP) is 3.68. The molecule has 148 valence electrons. The fraction of sp³-hybridized carbons (Fsp3) is 0.235. The Labute approximate surface area is 177 Å². The minimum atomic E-state index is -0.0238. The second-order valence-corrected chi connectivity index (χ2v) is 5.36. The summed E-state index contributed by atoms with van der Waals surface area (Å²) >= 11 is 0. The van der Waals surface area contributed by atoms with Crippen LogP contribution in [0.3, 0.4) is 0 Å². The fourth-order valence-electron chi connectivity index (χ4n) is 2.45. The van der Waals surface area contributed by atoms with Crippen molar-refractivity contribution in [2.75, 3.05) is 24.2 Å². The highest BCUT2D eigenvalue weighted by Crippen LogP contribution is 2.22. The lowest BCUT2D eigenvalue weighted by atomic mass is 10.1. The molecule has 0 saturated carbocycles. The molecule has 27 heavy (non-hydrogen) atoms. The Morgan fingerprint density at radius 1 is 1.11 bits per heavy atom. The normalized spacial score (nSPS) is 10.6. The molecule has 3 aromatic rings. The van der Waals surface area contributed by atoms with Crippen molar-refractivity contribution < 1.29 is 0 Å². The van der Waals surface area contributed by atoms with Gasteiger partial charge in [0.05, 0.1) is 6.04 Å². The summed E-state index contributed by atoms with van der Waals surface area (Å²) in [5.74, 6) is 2.18. The van der Waals surface area contributed by atoms with E-state index < -0.39 is 0 Å². The molecule has 0 saturated heterocycles. The van der Waals surface area contributed by atoms with E-state index in [-0.39, 0.29) is 43.3 Å². The average molecular weight is 433 g/mol. The number of hydrogen-bond acceptors (Lipinski definition) is 6. The van der Waals surface area contributed by atoms with E-state index in [0.717, 1.165) is 29.3 Å². The van der Waals surface area contributed by atoms with Gasteiger partial charge in [0.25, 0.3) is 0 Å². The Morgan fingerprint density at radius 3 is 2.52 bits per heavy atom. The summed E-state index contributed by atoms with van der Waals surface area (Å²) in [5.41, 5.74) is 7.69. The molecule has 0 aliphatic carbocycles. The lowest BCUT2D eigenvalue weighted by Gasteiger charge is -2.16. The molecule has 0 fully saturated rings. The number of rotatable bonds is 7. The molecule has 3 rings (SSSR count). The molecule has 0 aliphatic heterocycles. The van der Waals surface area contributed by atoms with Crippen molar-refractivity contribution in [1.82, 2.24) is 20.2 Å². The third kappa shape index (κ3) is 6.55. The number of H-pyrrole nitrogens is 1. The number of hydrogen-bond donors (Lipinski definition) is 4. The first-order chi connectivity index (χ1) is 11.8. The van der Waals surface area contributed by atoms with E-state index in [9.17, 15) is 0 Å². The third-order valence-electron chi connectivity index (χ3n) is 3.68. The highest BCUT2D eigenvalue weighted by molar-refractivity contribution is 5.86. The second kappa shape index (κ2) is 12.3. The van der Waals surface area contributed by atoms with Crippen molar-refractivity contribution >= 4 is 48.7 Å². The zero-order valence-electron chi connectivity index (χ0n) is 14.8. The van der Waals surface area contributed by atoms with Gasteiger partial charge >= 0.3 is 0 Å². The quantitative estimate of drug-likeness (QED) is 0.454. The molecule has 2 aromatic heterocycles. The maximum absolute atomic E-state index is 5.76. The molecule has 10 heteroatoms. The van der Waals surface area contributed by atoms with Crippen LogP contribution in [0.4, 0.5) is 11.5 Å². The molecule has 0 aliphatic rings. The summed E-state index contributed by atoms with van der Waals surface area (Å²) in [6.45, 7) is 0.555. The van der Waals surface area contributed by atoms with Gasteiger partial charge < -0.3 is 16.4 Å². The second-order valence-electron chi connectivity index (χ2n) is 5.36. The lowest BCUT2D eigenvalue weighted by molar-refractivity contribution is 0.663. The first-order valence-corrected chi connectivity index (χ1v) is 7.88. The monoisotopic (exact) mass is 431 g/mol. The van der Waals surface area contributed by atoms with Gasteiger partial charge in [-0.2, -0.15) is 5.10 Å². The van der Waals surface area contributed by atoms with Crippen LogP contribution in [0.5, 0.6) is 0 Å². The molecular weight excluding hydrogens is 409 g/mol. The van der Waals surface area contributed by atoms with Gasteiger partial charge in [0, 0.05) is 24.5 Å². The van der Waals surface area contributed by atoms with Crippen LogP contribution in [-0.2, 0) is 0 Å². The predicted molar refractivity (Wildman–Crippen MR) is 117 cm³/mol. The van der Waals surface area contributed by atoms with Gasteiger partial charge in [0.1, 0.15) is 11.6 Å². The summed E-state index contributed by atoms with van der Waals surface area (Å²) in [5, 5.41) is 13.8. The van der Waals surface area contributed by atoms with Crippen molar-refractivity contribution in [3.63, 3.8) is 0 Å². The number of benzene rings is 1. The molecule has 0 bridgehead atoms. The van der Waals surface area contributed by atoms with Crippen LogP contribution in [0.25, 0.3) is 11.4 Å². The van der Waals surface area contributed by atoms with E-state index in [1.54, 1.807) is 6.20 Å². The topological polar surface area (TPSA) is 105 Å². The zero-order chi connectivity index (χ0) is 16.8. The molecule has 7 nitrogen and oxygen atoms in total. The smallest absolute Gasteiger partial charge is 0.181 e. The van der Waals surface area contributed by atoms with Gasteiger partial charge in [0.2, 0.25) is 0 Å². The van der Waals surface area contributed by atoms with Gasteiger partial charge in [-0.3, -0.25) is 5.10 Å². The Balaban J connectivity index is 0.00000225. The summed E-state index contributed by atoms with van der Waals surface area (Å²) in [4.78, 5) is 8.84. The molecule has 0 amide bonds. The molecule has 5 N–H and O–H groups in total. The van der Waals surface area contributed by atoms with Gasteiger partial charge in [-0.15, -0.1) is 37.2 Å². The molecule has 1 atom stereocenters. The minimum Gasteiger partial charge on any atom is -0.375 e. The number of nitrogens with two attached hydrogens (primary N) is 1. The maximum Gasteiger partial charge on any atom is 0.181 e. The number of halogens is 3. The first kappa shape index (κ1) is 24.9. The van der Waals surface area contributed by atoms with Crippen LogP contribution in [-0.4, -0.2) is 33.8 Å². The van der Waals surface area contributed by atoms with Crippen LogP contribution in [0.15, 0.2) is 48.7 Å². The zero-order valence-corrected chi connectivity index (χ0v) is 17.2. The van der Waals surface area contributed by atoms with E-state index in [2.05, 4.69) is 30.8 Å². The Bertz CT molecular complexity index is 783. The standard InChI is InChI=1S/C17H21N7.3ClH/c1-19-15-11-12(8-10-20-15)16-22-17(24-23-16)14(7-9-18)21-13-5-3-2-4-6-13;;;/h2-6,8,10-11,14,21H,7,9,18H2,1H3,(H,19,20)(H,22,23,24);3*1H. The average Bonchev–Trinajstić information content (AvgIpc) is 3.12. The SMILES string of the molecule is CNc1cc(-c2n[nH]c(C(CCN)Nc3ccccc3)n2)ccn1.Cl.Cl.Cl. The molecular formula is C17H24Cl3N7. The molecule has 1 aromatic carbocycles. The summed E-state index contributed by atoms with van der Waals surface area (Å²) in [7, 11) is 1.83. The number of para-hydroxylation sites is 1. The third-order valence-corrected chi connectivity index (χ3v) is 3.68. The number of aromatic amines is 1. The van der Waals surface area contributed by atoms with Crippen molar-refractivity contribution in [3.8, 4) is 11.4 Å². The Morgan fingerprint density at radius 2 is 1.85 bits per heavy atom. The summed E-state index contributed by atoms with van der Waals surface area (Å²) in [6, 6.07) is 13.8. The van der Waals surface area contributed by atoms with Crippen LogP contribution in [0, 0.1) is 0 Å². The van der Waals surface area contributed by atoms with Crippen LogP contribution >= 0.6 is 37.2 Å². The number of pyridine rings is 1. The van der Waals surface area contributed by atoms with Crippen molar-refractivity contribution in [1.29, 1.82) is 0 Å². The molecule has 2 heterocycles. The van der Waals surface area contributed by atoms with Crippen LogP contribution < -0.4 is 16.4 Å². The highest BCUT2D eigenvalue weighted by atomic mass is 35.5. The van der Waals surface area contributed by atoms with Crippen molar-refractivity contribution in [3.05, 3.63) is 54.5 Å². The van der Waals surface area contributed by atoms with Gasteiger partial charge in [-0.25, -0.2) is 9.97 Å². The molecule has 0 spiro atoms. The van der Waals surface area contributed by atoms with Gasteiger partial charge in [0.15, 0.2) is 5.82 Å². The van der Waals surface area contributed by atoms with Crippen molar-refractivity contribution in [2.24, 2.45) is 5.73 Å². The van der Waals surface area contributed by atoms with E-state index in [1.807, 2.05) is 49.5 Å². The first-order valence-electron chi connectivity index (χ1n) is 7.88. The fourth-order valence-corrected chi connectivity index (χ4v) is 2.45. The lowest BCUT2D eigenvalue weighted by Crippen LogP contribution is -2.16. The van der Waals surface area contributed by atoms with E-state index in [0.29, 0.717) is 12.4 Å². The largest absolute Gasteiger partial charge is 0.375 e. The number of anilines is 2. The molecule has 1 unspecified atom stereocenters. The van der Waals surface area contributed by atoms with E-state index >= 15 is 0 Å². The van der Waals surface area contributed by atoms with Crippen LogP contribution in [0.1, 0.15) is 18.3 Å².